The van der Waals surface area contributed by atoms with Crippen molar-refractivity contribution in [3.63, 3.8) is 0 Å². The van der Waals surface area contributed by atoms with E-state index in [9.17, 15) is 18.0 Å². The third kappa shape index (κ3) is 7.09. The van der Waals surface area contributed by atoms with E-state index < -0.39 is 29.5 Å². The van der Waals surface area contributed by atoms with E-state index in [1.807, 2.05) is 19.1 Å². The molecule has 1 aliphatic heterocycles. The van der Waals surface area contributed by atoms with Crippen LogP contribution in [0.3, 0.4) is 0 Å². The molecule has 6 nitrogen and oxygen atoms in total. The zero-order valence-corrected chi connectivity index (χ0v) is 24.1. The lowest BCUT2D eigenvalue weighted by atomic mass is 9.77. The predicted molar refractivity (Wildman–Crippen MR) is 161 cm³/mol. The molecule has 0 radical (unpaired) electrons. The summed E-state index contributed by atoms with van der Waals surface area (Å²) in [5, 5.41) is 3.57. The molecule has 0 aromatic heterocycles. The van der Waals surface area contributed by atoms with Crippen LogP contribution in [-0.2, 0) is 16.9 Å². The minimum atomic E-state index is -4.66. The molecule has 2 aliphatic carbocycles. The number of allylic oxidation sites excluding steroid dienone is 4. The van der Waals surface area contributed by atoms with Crippen LogP contribution in [0.25, 0.3) is 0 Å². The van der Waals surface area contributed by atoms with Crippen LogP contribution in [-0.4, -0.2) is 18.1 Å². The predicted octanol–water partition coefficient (Wildman–Crippen LogP) is 6.63. The quantitative estimate of drug-likeness (QED) is 0.244. The lowest BCUT2D eigenvalue weighted by Gasteiger charge is -2.33. The smallest absolute Gasteiger partial charge is 0.326 e. The minimum Gasteiger partial charge on any atom is -0.326 e. The van der Waals surface area contributed by atoms with E-state index >= 15 is 4.39 Å². The van der Waals surface area contributed by atoms with Crippen molar-refractivity contribution in [1.29, 1.82) is 0 Å². The van der Waals surface area contributed by atoms with Gasteiger partial charge in [-0.25, -0.2) is 9.82 Å². The first-order chi connectivity index (χ1) is 20.5. The molecular weight excluding hydrogens is 558 g/mol. The third-order valence-corrected chi connectivity index (χ3v) is 8.19. The Morgan fingerprint density at radius 1 is 1.14 bits per heavy atom. The van der Waals surface area contributed by atoms with Crippen LogP contribution < -0.4 is 27.2 Å². The molecule has 1 amide bonds. The van der Waals surface area contributed by atoms with Gasteiger partial charge in [-0.3, -0.25) is 9.80 Å². The molecule has 10 heteroatoms. The van der Waals surface area contributed by atoms with Gasteiger partial charge in [0.15, 0.2) is 0 Å². The number of hydrazine groups is 1. The lowest BCUT2D eigenvalue weighted by molar-refractivity contribution is -0.142. The second kappa shape index (κ2) is 12.5. The average Bonchev–Trinajstić information content (AvgIpc) is 3.68. The number of nitrogens with two attached hydrogens (primary N) is 2. The summed E-state index contributed by atoms with van der Waals surface area (Å²) in [6.07, 6.45) is 10.0. The number of nitrogens with one attached hydrogen (secondary N) is 2. The molecule has 2 aromatic carbocycles. The molecule has 5 rings (SSSR count). The van der Waals surface area contributed by atoms with Gasteiger partial charge < -0.3 is 16.8 Å². The van der Waals surface area contributed by atoms with Gasteiger partial charge in [0.25, 0.3) is 5.91 Å². The van der Waals surface area contributed by atoms with Crippen molar-refractivity contribution in [2.45, 2.75) is 69.8 Å². The van der Waals surface area contributed by atoms with Gasteiger partial charge in [-0.1, -0.05) is 60.9 Å². The molecule has 1 saturated carbocycles. The second-order valence-electron chi connectivity index (χ2n) is 11.5. The number of carbonyl (C=O) groups is 1. The van der Waals surface area contributed by atoms with Crippen LogP contribution in [0.1, 0.15) is 56.6 Å². The van der Waals surface area contributed by atoms with Crippen molar-refractivity contribution in [3.05, 3.63) is 107 Å². The normalized spacial score (nSPS) is 20.5. The zero-order valence-electron chi connectivity index (χ0n) is 24.1. The Balaban J connectivity index is 1.49. The molecule has 0 bridgehead atoms. The number of hydrogen-bond donors (Lipinski definition) is 4. The first-order valence-electron chi connectivity index (χ1n) is 14.6. The van der Waals surface area contributed by atoms with Gasteiger partial charge in [0.1, 0.15) is 17.6 Å². The summed E-state index contributed by atoms with van der Waals surface area (Å²) in [6.45, 7) is 2.18. The molecule has 228 valence electrons. The highest BCUT2D eigenvalue weighted by Gasteiger charge is 2.45. The first-order valence-corrected chi connectivity index (χ1v) is 14.6. The van der Waals surface area contributed by atoms with Crippen LogP contribution in [0.5, 0.6) is 0 Å². The van der Waals surface area contributed by atoms with Gasteiger partial charge in [0, 0.05) is 6.54 Å². The van der Waals surface area contributed by atoms with E-state index in [-0.39, 0.29) is 23.6 Å². The van der Waals surface area contributed by atoms with Gasteiger partial charge in [-0.2, -0.15) is 13.2 Å². The standard InChI is InChI=1S/C33H37F4N5O/c1-21-6-3-2-4-8-24(16-21)32(39,15-14-22-10-11-22)25-12-13-27(34)28(18-25)40-31(43)29-19-30(33(35,36)37)41-42(29)26-9-5-7-23(17-26)20-38/h4-9,12-13,16-19,22,30,41H,2-3,10-11,14-15,20,38-39H2,1H3,(H,40,43). The fourth-order valence-electron chi connectivity index (χ4n) is 5.49. The summed E-state index contributed by atoms with van der Waals surface area (Å²) in [5.74, 6) is -1.03. The van der Waals surface area contributed by atoms with E-state index in [1.54, 1.807) is 30.3 Å². The summed E-state index contributed by atoms with van der Waals surface area (Å²) in [6, 6.07) is 8.75. The summed E-state index contributed by atoms with van der Waals surface area (Å²) >= 11 is 0. The van der Waals surface area contributed by atoms with E-state index in [0.29, 0.717) is 23.5 Å². The van der Waals surface area contributed by atoms with Crippen LogP contribution in [0.4, 0.5) is 28.9 Å². The second-order valence-corrected chi connectivity index (χ2v) is 11.5. The Morgan fingerprint density at radius 3 is 2.65 bits per heavy atom. The van der Waals surface area contributed by atoms with Crippen molar-refractivity contribution in [2.75, 3.05) is 10.3 Å². The van der Waals surface area contributed by atoms with Crippen LogP contribution >= 0.6 is 0 Å². The molecule has 6 N–H and O–H groups in total. The first kappa shape index (κ1) is 30.7. The third-order valence-electron chi connectivity index (χ3n) is 8.19. The summed E-state index contributed by atoms with van der Waals surface area (Å²) < 4.78 is 56.4. The largest absolute Gasteiger partial charge is 0.409 e. The molecular formula is C33H37F4N5O. The van der Waals surface area contributed by atoms with Crippen molar-refractivity contribution < 1.29 is 22.4 Å². The van der Waals surface area contributed by atoms with Crippen LogP contribution in [0, 0.1) is 11.7 Å². The molecule has 43 heavy (non-hydrogen) atoms. The number of rotatable bonds is 9. The van der Waals surface area contributed by atoms with Gasteiger partial charge in [0.05, 0.1) is 16.9 Å². The number of hydrogen-bond acceptors (Lipinski definition) is 5. The highest BCUT2D eigenvalue weighted by molar-refractivity contribution is 6.06. The van der Waals surface area contributed by atoms with Crippen LogP contribution in [0.2, 0.25) is 0 Å². The van der Waals surface area contributed by atoms with Gasteiger partial charge in [-0.15, -0.1) is 0 Å². The van der Waals surface area contributed by atoms with Crippen molar-refractivity contribution in [2.24, 2.45) is 17.4 Å². The molecule has 2 atom stereocenters. The topological polar surface area (TPSA) is 96.4 Å². The SMILES string of the molecule is CC1=CCCC=CC(C(N)(CCC2CC2)c2ccc(F)c(NC(=O)C3=CC(C(F)(F)F)NN3c3cccc(CN)c3)c2)=C1. The van der Waals surface area contributed by atoms with E-state index in [4.69, 9.17) is 11.5 Å². The maximum Gasteiger partial charge on any atom is 0.409 e. The zero-order chi connectivity index (χ0) is 30.8. The molecule has 0 saturated heterocycles. The maximum atomic E-state index is 15.2. The van der Waals surface area contributed by atoms with Crippen LogP contribution in [0.15, 0.2) is 89.7 Å². The number of alkyl halides is 3. The number of benzene rings is 2. The summed E-state index contributed by atoms with van der Waals surface area (Å²) in [5.41, 5.74) is 17.3. The monoisotopic (exact) mass is 595 g/mol. The Labute approximate surface area is 249 Å². The lowest BCUT2D eigenvalue weighted by Crippen LogP contribution is -2.45. The molecule has 0 spiro atoms. The fraction of sp³-hybridized carbons (Fsp3) is 0.364. The van der Waals surface area contributed by atoms with Crippen molar-refractivity contribution in [1.82, 2.24) is 5.43 Å². The molecule has 1 fully saturated rings. The number of amides is 1. The molecule has 2 aromatic rings. The van der Waals surface area contributed by atoms with E-state index in [2.05, 4.69) is 22.9 Å². The van der Waals surface area contributed by atoms with Gasteiger partial charge in [0.2, 0.25) is 0 Å². The Hall–Kier alpha value is -3.73. The highest BCUT2D eigenvalue weighted by atomic mass is 19.4. The minimum absolute atomic E-state index is 0.163. The van der Waals surface area contributed by atoms with Gasteiger partial charge in [-0.05, 0) is 85.6 Å². The average molecular weight is 596 g/mol. The molecule has 3 aliphatic rings. The number of carbonyl (C=O) groups excluding carboxylic acids is 1. The fourth-order valence-corrected chi connectivity index (χ4v) is 5.49. The number of anilines is 2. The maximum absolute atomic E-state index is 15.2. The molecule has 1 heterocycles. The summed E-state index contributed by atoms with van der Waals surface area (Å²) in [4.78, 5) is 13.5. The Morgan fingerprint density at radius 2 is 1.93 bits per heavy atom. The number of halogens is 4. The highest BCUT2D eigenvalue weighted by Crippen LogP contribution is 2.42. The van der Waals surface area contributed by atoms with Crippen molar-refractivity contribution >= 4 is 17.3 Å². The van der Waals surface area contributed by atoms with Gasteiger partial charge >= 0.3 is 6.18 Å². The van der Waals surface area contributed by atoms with E-state index in [1.165, 1.54) is 12.1 Å². The molecule has 2 unspecified atom stereocenters. The van der Waals surface area contributed by atoms with E-state index in [0.717, 1.165) is 54.3 Å². The summed E-state index contributed by atoms with van der Waals surface area (Å²) in [7, 11) is 0. The number of nitrogens with zero attached hydrogens (tertiary/aromatic N) is 1. The van der Waals surface area contributed by atoms with Crippen molar-refractivity contribution in [3.8, 4) is 0 Å². The Kier molecular flexibility index (Phi) is 8.91. The Bertz CT molecular complexity index is 1490.